The third kappa shape index (κ3) is 3.76. The third-order valence-corrected chi connectivity index (χ3v) is 5.64. The van der Waals surface area contributed by atoms with Crippen LogP contribution in [-0.2, 0) is 4.74 Å². The van der Waals surface area contributed by atoms with Crippen LogP contribution in [0.4, 0.5) is 5.82 Å². The van der Waals surface area contributed by atoms with E-state index in [0.29, 0.717) is 5.88 Å². The molecule has 3 atom stereocenters. The highest BCUT2D eigenvalue weighted by Gasteiger charge is 2.35. The number of hydrogen-bond donors (Lipinski definition) is 5. The Bertz CT molecular complexity index is 766. The predicted molar refractivity (Wildman–Crippen MR) is 94.1 cm³/mol. The van der Waals surface area contributed by atoms with Gasteiger partial charge in [0.05, 0.1) is 24.2 Å². The molecule has 0 bridgehead atoms. The van der Waals surface area contributed by atoms with Gasteiger partial charge in [-0.25, -0.2) is 4.79 Å². The number of carbonyl (C=O) groups excluding carboxylic acids is 1. The quantitative estimate of drug-likeness (QED) is 0.429. The van der Waals surface area contributed by atoms with Crippen LogP contribution < -0.4 is 16.7 Å². The number of rotatable bonds is 5. The van der Waals surface area contributed by atoms with Crippen molar-refractivity contribution in [2.24, 2.45) is 0 Å². The fourth-order valence-electron chi connectivity index (χ4n) is 2.65. The van der Waals surface area contributed by atoms with E-state index in [9.17, 15) is 14.7 Å². The van der Waals surface area contributed by atoms with Crippen LogP contribution in [0.5, 0.6) is 0 Å². The standard InChI is InChI=1S/C15H20N4O5S/c16-13-9(14(22)17-8-25-3-1-2-4-25)6-19(15(23)18-13)12-5-10(21)11(7-20)24-12/h1-4,6,10-12,20-21,25H,5,7-8H2,(H,17,22)(H2,16,18,23)/t10-,11+,12+/m0/s1. The summed E-state index contributed by atoms with van der Waals surface area (Å²) in [6.45, 7) is -0.368. The Morgan fingerprint density at radius 1 is 1.48 bits per heavy atom. The largest absolute Gasteiger partial charge is 0.394 e. The minimum absolute atomic E-state index is 0.0623. The highest BCUT2D eigenvalue weighted by atomic mass is 32.2. The number of hydrogen-bond acceptors (Lipinski definition) is 7. The van der Waals surface area contributed by atoms with Gasteiger partial charge in [-0.15, -0.1) is 0 Å². The first kappa shape index (κ1) is 17.7. The molecule has 1 aromatic heterocycles. The Balaban J connectivity index is 1.78. The van der Waals surface area contributed by atoms with Gasteiger partial charge in [-0.3, -0.25) is 9.36 Å². The Kier molecular flexibility index (Phi) is 5.23. The molecule has 5 N–H and O–H groups in total. The predicted octanol–water partition coefficient (Wildman–Crippen LogP) is -0.804. The second kappa shape index (κ2) is 7.40. The first-order valence-corrected chi connectivity index (χ1v) is 9.38. The van der Waals surface area contributed by atoms with Gasteiger partial charge in [-0.2, -0.15) is 15.9 Å². The Morgan fingerprint density at radius 3 is 2.84 bits per heavy atom. The first-order chi connectivity index (χ1) is 12.0. The second-order valence-electron chi connectivity index (χ2n) is 5.71. The highest BCUT2D eigenvalue weighted by molar-refractivity contribution is 8.22. The van der Waals surface area contributed by atoms with E-state index in [4.69, 9.17) is 15.6 Å². The lowest BCUT2D eigenvalue weighted by Gasteiger charge is -2.17. The molecular formula is C15H20N4O5S. The highest BCUT2D eigenvalue weighted by Crippen LogP contribution is 2.31. The van der Waals surface area contributed by atoms with E-state index < -0.39 is 40.9 Å². The number of aliphatic hydroxyl groups excluding tert-OH is 2. The number of amides is 1. The topological polar surface area (TPSA) is 140 Å². The number of aliphatic hydroxyl groups is 2. The second-order valence-corrected chi connectivity index (χ2v) is 7.65. The van der Waals surface area contributed by atoms with Gasteiger partial charge in [-0.1, -0.05) is 12.2 Å². The van der Waals surface area contributed by atoms with E-state index >= 15 is 0 Å². The number of nitrogens with zero attached hydrogens (tertiary/aromatic N) is 2. The fourth-order valence-corrected chi connectivity index (χ4v) is 3.92. The van der Waals surface area contributed by atoms with Crippen molar-refractivity contribution in [1.29, 1.82) is 0 Å². The van der Waals surface area contributed by atoms with Gasteiger partial charge in [0.2, 0.25) is 0 Å². The molecule has 0 unspecified atom stereocenters. The summed E-state index contributed by atoms with van der Waals surface area (Å²) in [5.74, 6) is -0.140. The normalized spacial score (nSPS) is 26.3. The summed E-state index contributed by atoms with van der Waals surface area (Å²) in [6.07, 6.45) is 2.74. The van der Waals surface area contributed by atoms with Gasteiger partial charge in [-0.05, 0) is 10.8 Å². The van der Waals surface area contributed by atoms with Gasteiger partial charge in [0.1, 0.15) is 18.1 Å². The molecule has 0 radical (unpaired) electrons. The number of nitrogens with two attached hydrogens (primary N) is 1. The van der Waals surface area contributed by atoms with Crippen LogP contribution in [0.15, 0.2) is 34.0 Å². The lowest BCUT2D eigenvalue weighted by atomic mass is 10.2. The van der Waals surface area contributed by atoms with Crippen LogP contribution in [0.3, 0.4) is 0 Å². The number of aromatic nitrogens is 2. The van der Waals surface area contributed by atoms with E-state index in [-0.39, 0.29) is 24.4 Å². The van der Waals surface area contributed by atoms with Crippen molar-refractivity contribution >= 4 is 22.6 Å². The maximum atomic E-state index is 12.4. The average Bonchev–Trinajstić information content (AvgIpc) is 3.22. The number of carbonyl (C=O) groups is 1. The van der Waals surface area contributed by atoms with Crippen LogP contribution in [0.2, 0.25) is 0 Å². The van der Waals surface area contributed by atoms with Gasteiger partial charge < -0.3 is 26.0 Å². The number of anilines is 1. The molecule has 136 valence electrons. The minimum Gasteiger partial charge on any atom is -0.394 e. The Hall–Kier alpha value is -2.14. The van der Waals surface area contributed by atoms with Gasteiger partial charge in [0, 0.05) is 12.6 Å². The zero-order chi connectivity index (χ0) is 18.0. The number of nitrogens with one attached hydrogen (secondary N) is 1. The molecule has 2 aliphatic heterocycles. The fraction of sp³-hybridized carbons (Fsp3) is 0.400. The third-order valence-electron chi connectivity index (χ3n) is 4.01. The van der Waals surface area contributed by atoms with Crippen molar-refractivity contribution in [3.63, 3.8) is 0 Å². The molecule has 0 aliphatic carbocycles. The number of allylic oxidation sites excluding steroid dienone is 2. The van der Waals surface area contributed by atoms with Crippen molar-refractivity contribution in [2.75, 3.05) is 18.2 Å². The zero-order valence-electron chi connectivity index (χ0n) is 13.3. The van der Waals surface area contributed by atoms with Crippen molar-refractivity contribution < 1.29 is 19.7 Å². The van der Waals surface area contributed by atoms with Crippen molar-refractivity contribution in [3.05, 3.63) is 45.2 Å². The smallest absolute Gasteiger partial charge is 0.351 e. The molecule has 1 amide bonds. The first-order valence-electron chi connectivity index (χ1n) is 7.71. The lowest BCUT2D eigenvalue weighted by molar-refractivity contribution is -0.0459. The average molecular weight is 368 g/mol. The molecule has 2 aliphatic rings. The summed E-state index contributed by atoms with van der Waals surface area (Å²) in [6, 6.07) is 0. The Labute approximate surface area is 146 Å². The number of ether oxygens (including phenoxy) is 1. The van der Waals surface area contributed by atoms with Crippen molar-refractivity contribution in [3.8, 4) is 0 Å². The summed E-state index contributed by atoms with van der Waals surface area (Å²) >= 11 is 0. The molecule has 1 aromatic rings. The summed E-state index contributed by atoms with van der Waals surface area (Å²) in [4.78, 5) is 28.1. The van der Waals surface area contributed by atoms with E-state index in [1.54, 1.807) is 0 Å². The maximum absolute atomic E-state index is 12.4. The van der Waals surface area contributed by atoms with Crippen molar-refractivity contribution in [2.45, 2.75) is 24.9 Å². The number of nitrogen functional groups attached to an aromatic ring is 1. The van der Waals surface area contributed by atoms with Gasteiger partial charge >= 0.3 is 5.69 Å². The molecule has 1 saturated heterocycles. The minimum atomic E-state index is -0.902. The van der Waals surface area contributed by atoms with Crippen LogP contribution in [0.25, 0.3) is 0 Å². The summed E-state index contributed by atoms with van der Waals surface area (Å²) < 4.78 is 6.56. The molecule has 10 heteroatoms. The molecular weight excluding hydrogens is 348 g/mol. The molecule has 25 heavy (non-hydrogen) atoms. The zero-order valence-corrected chi connectivity index (χ0v) is 14.2. The molecule has 0 spiro atoms. The summed E-state index contributed by atoms with van der Waals surface area (Å²) in [7, 11) is -0.523. The van der Waals surface area contributed by atoms with E-state index in [2.05, 4.69) is 10.3 Å². The lowest BCUT2D eigenvalue weighted by Crippen LogP contribution is -2.32. The molecule has 3 rings (SSSR count). The van der Waals surface area contributed by atoms with Crippen LogP contribution >= 0.6 is 10.9 Å². The van der Waals surface area contributed by atoms with E-state index in [1.165, 1.54) is 6.20 Å². The maximum Gasteiger partial charge on any atom is 0.351 e. The van der Waals surface area contributed by atoms with Crippen molar-refractivity contribution in [1.82, 2.24) is 14.9 Å². The molecule has 3 heterocycles. The summed E-state index contributed by atoms with van der Waals surface area (Å²) in [5.41, 5.74) is 5.09. The van der Waals surface area contributed by atoms with Crippen LogP contribution in [0.1, 0.15) is 23.0 Å². The molecule has 0 saturated carbocycles. The molecule has 1 fully saturated rings. The monoisotopic (exact) mass is 368 g/mol. The Morgan fingerprint density at radius 2 is 2.20 bits per heavy atom. The van der Waals surface area contributed by atoms with Gasteiger partial charge in [0.25, 0.3) is 5.91 Å². The number of thiol groups is 1. The SMILES string of the molecule is Nc1nc(=O)n([C@H]2C[C@H](O)[C@@H](CO)O2)cc1C(=O)NC[SH]1C=CC=C1. The van der Waals surface area contributed by atoms with Crippen LogP contribution in [-0.4, -0.2) is 50.4 Å². The van der Waals surface area contributed by atoms with E-state index in [0.717, 1.165) is 4.57 Å². The molecule has 0 aromatic carbocycles. The van der Waals surface area contributed by atoms with E-state index in [1.807, 2.05) is 23.0 Å². The van der Waals surface area contributed by atoms with Crippen LogP contribution in [0, 0.1) is 0 Å². The molecule has 9 nitrogen and oxygen atoms in total. The summed E-state index contributed by atoms with van der Waals surface area (Å²) in [5, 5.41) is 25.8. The van der Waals surface area contributed by atoms with Gasteiger partial charge in [0.15, 0.2) is 0 Å².